The van der Waals surface area contributed by atoms with E-state index in [0.29, 0.717) is 35.0 Å². The first-order valence-corrected chi connectivity index (χ1v) is 8.72. The summed E-state index contributed by atoms with van der Waals surface area (Å²) in [7, 11) is 1.57. The molecule has 0 aliphatic heterocycles. The standard InChI is InChI=1S/C21H21N3O4/c1-27-18-8-3-7-17(12-18)24-20(25)14-22-16-6-2-5-15(11-16)21(26)23-13-19-9-4-10-28-19/h2-12,22H,13-14H2,1H3,(H,23,26)(H,24,25). The molecule has 2 amide bonds. The Bertz CT molecular complexity index is 938. The third-order valence-corrected chi connectivity index (χ3v) is 3.93. The number of carbonyl (C=O) groups is 2. The number of carbonyl (C=O) groups excluding carboxylic acids is 2. The van der Waals surface area contributed by atoms with Crippen LogP contribution in [0.4, 0.5) is 11.4 Å². The van der Waals surface area contributed by atoms with E-state index in [-0.39, 0.29) is 18.4 Å². The molecule has 3 N–H and O–H groups in total. The first kappa shape index (κ1) is 19.0. The summed E-state index contributed by atoms with van der Waals surface area (Å²) in [5.41, 5.74) is 1.81. The highest BCUT2D eigenvalue weighted by Crippen LogP contribution is 2.16. The Morgan fingerprint density at radius 2 is 1.82 bits per heavy atom. The number of amides is 2. The van der Waals surface area contributed by atoms with E-state index in [2.05, 4.69) is 16.0 Å². The minimum atomic E-state index is -0.221. The van der Waals surface area contributed by atoms with Crippen LogP contribution in [0.1, 0.15) is 16.1 Å². The molecule has 0 unspecified atom stereocenters. The van der Waals surface area contributed by atoms with Gasteiger partial charge in [0.05, 0.1) is 26.5 Å². The monoisotopic (exact) mass is 379 g/mol. The lowest BCUT2D eigenvalue weighted by Gasteiger charge is -2.10. The number of methoxy groups -OCH3 is 1. The van der Waals surface area contributed by atoms with Crippen molar-refractivity contribution in [3.05, 3.63) is 78.3 Å². The summed E-state index contributed by atoms with van der Waals surface area (Å²) in [6.07, 6.45) is 1.56. The zero-order chi connectivity index (χ0) is 19.8. The molecule has 0 atom stereocenters. The van der Waals surface area contributed by atoms with Crippen molar-refractivity contribution in [2.45, 2.75) is 6.54 Å². The molecule has 0 saturated carbocycles. The Labute approximate surface area is 162 Å². The average molecular weight is 379 g/mol. The molecule has 1 heterocycles. The number of furan rings is 1. The quantitative estimate of drug-likeness (QED) is 0.559. The summed E-state index contributed by atoms with van der Waals surface area (Å²) in [5, 5.41) is 8.59. The van der Waals surface area contributed by atoms with E-state index >= 15 is 0 Å². The van der Waals surface area contributed by atoms with Crippen LogP contribution in [-0.2, 0) is 11.3 Å². The number of ether oxygens (including phenoxy) is 1. The molecule has 0 bridgehead atoms. The van der Waals surface area contributed by atoms with Crippen molar-refractivity contribution in [3.63, 3.8) is 0 Å². The maximum Gasteiger partial charge on any atom is 0.251 e. The van der Waals surface area contributed by atoms with Gasteiger partial charge < -0.3 is 25.1 Å². The predicted molar refractivity (Wildman–Crippen MR) is 106 cm³/mol. The van der Waals surface area contributed by atoms with Gasteiger partial charge in [-0.2, -0.15) is 0 Å². The smallest absolute Gasteiger partial charge is 0.251 e. The first-order chi connectivity index (χ1) is 13.6. The molecule has 0 fully saturated rings. The van der Waals surface area contributed by atoms with Crippen molar-refractivity contribution in [3.8, 4) is 5.75 Å². The van der Waals surface area contributed by atoms with E-state index in [9.17, 15) is 9.59 Å². The maximum absolute atomic E-state index is 12.3. The van der Waals surface area contributed by atoms with E-state index in [0.717, 1.165) is 0 Å². The molecule has 0 saturated heterocycles. The van der Waals surface area contributed by atoms with Crippen LogP contribution in [0.15, 0.2) is 71.3 Å². The van der Waals surface area contributed by atoms with Crippen LogP contribution in [0.5, 0.6) is 5.75 Å². The van der Waals surface area contributed by atoms with Gasteiger partial charge in [0.1, 0.15) is 11.5 Å². The Balaban J connectivity index is 1.52. The highest BCUT2D eigenvalue weighted by molar-refractivity contribution is 5.96. The van der Waals surface area contributed by atoms with Crippen molar-refractivity contribution in [1.29, 1.82) is 0 Å². The minimum absolute atomic E-state index is 0.0642. The van der Waals surface area contributed by atoms with E-state index in [1.165, 1.54) is 0 Å². The zero-order valence-electron chi connectivity index (χ0n) is 15.4. The van der Waals surface area contributed by atoms with Gasteiger partial charge in [-0.05, 0) is 42.5 Å². The molecule has 28 heavy (non-hydrogen) atoms. The lowest BCUT2D eigenvalue weighted by molar-refractivity contribution is -0.114. The molecule has 0 radical (unpaired) electrons. The Hall–Kier alpha value is -3.74. The van der Waals surface area contributed by atoms with E-state index in [1.807, 2.05) is 0 Å². The SMILES string of the molecule is COc1cccc(NC(=O)CNc2cccc(C(=O)NCc3ccco3)c2)c1. The van der Waals surface area contributed by atoms with Crippen LogP contribution in [0, 0.1) is 0 Å². The van der Waals surface area contributed by atoms with Crippen LogP contribution in [0.2, 0.25) is 0 Å². The Kier molecular flexibility index (Phi) is 6.30. The molecule has 7 heteroatoms. The highest BCUT2D eigenvalue weighted by Gasteiger charge is 2.08. The van der Waals surface area contributed by atoms with Crippen molar-refractivity contribution >= 4 is 23.2 Å². The maximum atomic E-state index is 12.3. The van der Waals surface area contributed by atoms with Crippen LogP contribution in [0.25, 0.3) is 0 Å². The van der Waals surface area contributed by atoms with E-state index < -0.39 is 0 Å². The number of nitrogens with one attached hydrogen (secondary N) is 3. The van der Waals surface area contributed by atoms with Gasteiger partial charge in [0.2, 0.25) is 5.91 Å². The largest absolute Gasteiger partial charge is 0.497 e. The second kappa shape index (κ2) is 9.27. The number of anilines is 2. The third kappa shape index (κ3) is 5.38. The second-order valence-corrected chi connectivity index (χ2v) is 5.98. The summed E-state index contributed by atoms with van der Waals surface area (Å²) in [6, 6.07) is 17.6. The molecule has 1 aromatic heterocycles. The van der Waals surface area contributed by atoms with Crippen LogP contribution in [0.3, 0.4) is 0 Å². The van der Waals surface area contributed by atoms with Gasteiger partial charge in [-0.15, -0.1) is 0 Å². The van der Waals surface area contributed by atoms with Gasteiger partial charge in [0, 0.05) is 23.0 Å². The summed E-state index contributed by atoms with van der Waals surface area (Å²) in [6.45, 7) is 0.376. The molecular formula is C21H21N3O4. The van der Waals surface area contributed by atoms with Gasteiger partial charge >= 0.3 is 0 Å². The summed E-state index contributed by atoms with van der Waals surface area (Å²) in [4.78, 5) is 24.4. The number of hydrogen-bond donors (Lipinski definition) is 3. The van der Waals surface area contributed by atoms with Crippen LogP contribution in [-0.4, -0.2) is 25.5 Å². The first-order valence-electron chi connectivity index (χ1n) is 8.72. The van der Waals surface area contributed by atoms with Gasteiger partial charge in [-0.25, -0.2) is 0 Å². The van der Waals surface area contributed by atoms with Crippen molar-refractivity contribution < 1.29 is 18.7 Å². The van der Waals surface area contributed by atoms with Crippen LogP contribution >= 0.6 is 0 Å². The fourth-order valence-corrected chi connectivity index (χ4v) is 2.54. The molecule has 144 valence electrons. The summed E-state index contributed by atoms with van der Waals surface area (Å²) in [5.74, 6) is 0.915. The molecule has 0 aliphatic carbocycles. The second-order valence-electron chi connectivity index (χ2n) is 5.98. The Morgan fingerprint density at radius 1 is 1.00 bits per heavy atom. The average Bonchev–Trinajstić information content (AvgIpc) is 3.24. The molecular weight excluding hydrogens is 358 g/mol. The predicted octanol–water partition coefficient (Wildman–Crippen LogP) is 3.27. The van der Waals surface area contributed by atoms with Crippen molar-refractivity contribution in [2.24, 2.45) is 0 Å². The van der Waals surface area contributed by atoms with Crippen LogP contribution < -0.4 is 20.7 Å². The number of benzene rings is 2. The number of rotatable bonds is 8. The number of hydrogen-bond acceptors (Lipinski definition) is 5. The topological polar surface area (TPSA) is 92.6 Å². The van der Waals surface area contributed by atoms with E-state index in [4.69, 9.17) is 9.15 Å². The molecule has 3 rings (SSSR count). The zero-order valence-corrected chi connectivity index (χ0v) is 15.4. The molecule has 3 aromatic rings. The lowest BCUT2D eigenvalue weighted by Crippen LogP contribution is -2.23. The third-order valence-electron chi connectivity index (χ3n) is 3.93. The molecule has 0 aliphatic rings. The van der Waals surface area contributed by atoms with Gasteiger partial charge in [0.15, 0.2) is 0 Å². The van der Waals surface area contributed by atoms with Gasteiger partial charge in [0.25, 0.3) is 5.91 Å². The fourth-order valence-electron chi connectivity index (χ4n) is 2.54. The molecule has 0 spiro atoms. The minimum Gasteiger partial charge on any atom is -0.497 e. The van der Waals surface area contributed by atoms with E-state index in [1.54, 1.807) is 74.0 Å². The normalized spacial score (nSPS) is 10.2. The Morgan fingerprint density at radius 3 is 2.61 bits per heavy atom. The van der Waals surface area contributed by atoms with Crippen molar-refractivity contribution in [1.82, 2.24) is 5.32 Å². The highest BCUT2D eigenvalue weighted by atomic mass is 16.5. The van der Waals surface area contributed by atoms with Gasteiger partial charge in [-0.1, -0.05) is 12.1 Å². The summed E-state index contributed by atoms with van der Waals surface area (Å²) < 4.78 is 10.3. The van der Waals surface area contributed by atoms with Gasteiger partial charge in [-0.3, -0.25) is 9.59 Å². The summed E-state index contributed by atoms with van der Waals surface area (Å²) >= 11 is 0. The molecule has 2 aromatic carbocycles. The molecule has 7 nitrogen and oxygen atoms in total. The lowest BCUT2D eigenvalue weighted by atomic mass is 10.2. The van der Waals surface area contributed by atoms with Crippen molar-refractivity contribution in [2.75, 3.05) is 24.3 Å². The fraction of sp³-hybridized carbons (Fsp3) is 0.143.